The van der Waals surface area contributed by atoms with Gasteiger partial charge in [-0.1, -0.05) is 13.0 Å². The van der Waals surface area contributed by atoms with Gasteiger partial charge in [-0.15, -0.1) is 0 Å². The Labute approximate surface area is 166 Å². The third-order valence-corrected chi connectivity index (χ3v) is 4.68. The van der Waals surface area contributed by atoms with E-state index in [9.17, 15) is 14.9 Å². The lowest BCUT2D eigenvalue weighted by Gasteiger charge is -2.31. The Hall–Kier alpha value is -3.07. The van der Waals surface area contributed by atoms with Crippen LogP contribution in [0.5, 0.6) is 11.5 Å². The molecule has 28 heavy (non-hydrogen) atoms. The second-order valence-corrected chi connectivity index (χ2v) is 6.48. The van der Waals surface area contributed by atoms with Crippen LogP contribution in [0.15, 0.2) is 34.9 Å². The summed E-state index contributed by atoms with van der Waals surface area (Å²) < 4.78 is 11.2. The SMILES string of the molecule is CCOc1ccc(/C=C2/C(=O)N(C(C)CC)C(=O)C(C#N)=C2C)cc1OCC. The number of carbonyl (C=O) groups excluding carboxylic acids is 2. The summed E-state index contributed by atoms with van der Waals surface area (Å²) in [6.45, 7) is 10.1. The molecule has 1 aromatic rings. The van der Waals surface area contributed by atoms with Gasteiger partial charge in [0.05, 0.1) is 13.2 Å². The zero-order valence-electron chi connectivity index (χ0n) is 17.0. The van der Waals surface area contributed by atoms with E-state index < -0.39 is 5.91 Å². The number of imide groups is 1. The van der Waals surface area contributed by atoms with E-state index in [2.05, 4.69) is 0 Å². The fraction of sp³-hybridized carbons (Fsp3) is 0.409. The van der Waals surface area contributed by atoms with E-state index in [0.717, 1.165) is 5.56 Å². The Kier molecular flexibility index (Phi) is 7.00. The number of amides is 2. The molecule has 148 valence electrons. The van der Waals surface area contributed by atoms with Gasteiger partial charge in [-0.2, -0.15) is 5.26 Å². The van der Waals surface area contributed by atoms with Crippen molar-refractivity contribution in [2.24, 2.45) is 0 Å². The van der Waals surface area contributed by atoms with Crippen molar-refractivity contribution in [3.8, 4) is 17.6 Å². The number of benzene rings is 1. The average molecular weight is 382 g/mol. The fourth-order valence-electron chi connectivity index (χ4n) is 3.01. The summed E-state index contributed by atoms with van der Waals surface area (Å²) in [5.74, 6) is 0.294. The molecule has 1 aliphatic rings. The Balaban J connectivity index is 2.58. The molecule has 6 nitrogen and oxygen atoms in total. The van der Waals surface area contributed by atoms with Crippen molar-refractivity contribution in [3.63, 3.8) is 0 Å². The molecule has 0 fully saturated rings. The van der Waals surface area contributed by atoms with Crippen molar-refractivity contribution in [1.82, 2.24) is 4.90 Å². The number of nitriles is 1. The normalized spacial score (nSPS) is 17.0. The molecule has 0 aliphatic carbocycles. The molecule has 0 saturated carbocycles. The molecule has 0 saturated heterocycles. The van der Waals surface area contributed by atoms with Crippen molar-refractivity contribution in [1.29, 1.82) is 5.26 Å². The minimum absolute atomic E-state index is 0.00196. The van der Waals surface area contributed by atoms with Crippen LogP contribution in [0.4, 0.5) is 0 Å². The highest BCUT2D eigenvalue weighted by atomic mass is 16.5. The van der Waals surface area contributed by atoms with Gasteiger partial charge in [-0.3, -0.25) is 14.5 Å². The highest BCUT2D eigenvalue weighted by molar-refractivity contribution is 6.19. The highest BCUT2D eigenvalue weighted by Gasteiger charge is 2.37. The molecule has 0 N–H and O–H groups in total. The predicted molar refractivity (Wildman–Crippen MR) is 107 cm³/mol. The van der Waals surface area contributed by atoms with E-state index in [-0.39, 0.29) is 17.5 Å². The monoisotopic (exact) mass is 382 g/mol. The second-order valence-electron chi connectivity index (χ2n) is 6.48. The van der Waals surface area contributed by atoms with Gasteiger partial charge in [0.15, 0.2) is 11.5 Å². The zero-order chi connectivity index (χ0) is 20.8. The van der Waals surface area contributed by atoms with Crippen LogP contribution in [0.2, 0.25) is 0 Å². The predicted octanol–water partition coefficient (Wildman–Crippen LogP) is 3.87. The van der Waals surface area contributed by atoms with Gasteiger partial charge in [0, 0.05) is 11.6 Å². The molecule has 0 aromatic heterocycles. The standard InChI is InChI=1S/C22H26N2O4/c1-6-14(4)24-21(25)17(15(5)18(13-23)22(24)26)11-16-9-10-19(27-7-2)20(12-16)28-8-3/h9-12,14H,6-8H2,1-5H3/b17-11+. The van der Waals surface area contributed by atoms with Gasteiger partial charge < -0.3 is 9.47 Å². The van der Waals surface area contributed by atoms with Gasteiger partial charge in [0.25, 0.3) is 11.8 Å². The van der Waals surface area contributed by atoms with Crippen LogP contribution in [-0.4, -0.2) is 36.0 Å². The first-order valence-electron chi connectivity index (χ1n) is 9.50. The van der Waals surface area contributed by atoms with Crippen molar-refractivity contribution < 1.29 is 19.1 Å². The van der Waals surface area contributed by atoms with Crippen molar-refractivity contribution >= 4 is 17.9 Å². The first-order valence-corrected chi connectivity index (χ1v) is 9.50. The van der Waals surface area contributed by atoms with E-state index >= 15 is 0 Å². The molecule has 6 heteroatoms. The Bertz CT molecular complexity index is 877. The summed E-state index contributed by atoms with van der Waals surface area (Å²) in [5, 5.41) is 9.45. The molecule has 0 radical (unpaired) electrons. The summed E-state index contributed by atoms with van der Waals surface area (Å²) in [7, 11) is 0. The van der Waals surface area contributed by atoms with Gasteiger partial charge in [-0.25, -0.2) is 0 Å². The Morgan fingerprint density at radius 2 is 1.75 bits per heavy atom. The topological polar surface area (TPSA) is 79.6 Å². The minimum Gasteiger partial charge on any atom is -0.490 e. The average Bonchev–Trinajstić information content (AvgIpc) is 2.67. The van der Waals surface area contributed by atoms with Gasteiger partial charge in [0.1, 0.15) is 11.6 Å². The molecule has 1 atom stereocenters. The van der Waals surface area contributed by atoms with Crippen LogP contribution >= 0.6 is 0 Å². The maximum Gasteiger partial charge on any atom is 0.271 e. The maximum absolute atomic E-state index is 13.0. The molecule has 1 aromatic carbocycles. The number of hydrogen-bond acceptors (Lipinski definition) is 5. The lowest BCUT2D eigenvalue weighted by molar-refractivity contribution is -0.142. The van der Waals surface area contributed by atoms with Gasteiger partial charge >= 0.3 is 0 Å². The summed E-state index contributed by atoms with van der Waals surface area (Å²) >= 11 is 0. The minimum atomic E-state index is -0.529. The summed E-state index contributed by atoms with van der Waals surface area (Å²) in [5.41, 5.74) is 1.46. The fourth-order valence-corrected chi connectivity index (χ4v) is 3.01. The van der Waals surface area contributed by atoms with Crippen LogP contribution in [-0.2, 0) is 9.59 Å². The first-order chi connectivity index (χ1) is 13.4. The quantitative estimate of drug-likeness (QED) is 0.528. The third-order valence-electron chi connectivity index (χ3n) is 4.68. The Morgan fingerprint density at radius 3 is 2.32 bits per heavy atom. The zero-order valence-corrected chi connectivity index (χ0v) is 17.0. The van der Waals surface area contributed by atoms with E-state index in [1.54, 1.807) is 32.1 Å². The molecule has 2 amide bonds. The van der Waals surface area contributed by atoms with E-state index in [4.69, 9.17) is 9.47 Å². The van der Waals surface area contributed by atoms with E-state index in [1.807, 2.05) is 32.9 Å². The third kappa shape index (κ3) is 4.09. The smallest absolute Gasteiger partial charge is 0.271 e. The lowest BCUT2D eigenvalue weighted by atomic mass is 9.92. The van der Waals surface area contributed by atoms with Crippen LogP contribution < -0.4 is 9.47 Å². The first kappa shape index (κ1) is 21.2. The summed E-state index contributed by atoms with van der Waals surface area (Å²) in [6.07, 6.45) is 2.30. The van der Waals surface area contributed by atoms with Crippen LogP contribution in [0.3, 0.4) is 0 Å². The Morgan fingerprint density at radius 1 is 1.11 bits per heavy atom. The van der Waals surface area contributed by atoms with Crippen molar-refractivity contribution in [2.45, 2.75) is 47.1 Å². The number of ether oxygens (including phenoxy) is 2. The summed E-state index contributed by atoms with van der Waals surface area (Å²) in [6, 6.07) is 7.06. The largest absolute Gasteiger partial charge is 0.490 e. The maximum atomic E-state index is 13.0. The van der Waals surface area contributed by atoms with Gasteiger partial charge in [0.2, 0.25) is 0 Å². The number of carbonyl (C=O) groups is 2. The molecule has 1 aliphatic heterocycles. The molecule has 2 rings (SSSR count). The van der Waals surface area contributed by atoms with Crippen LogP contribution in [0.25, 0.3) is 6.08 Å². The molecule has 0 spiro atoms. The van der Waals surface area contributed by atoms with Gasteiger partial charge in [-0.05, 0) is 63.5 Å². The highest BCUT2D eigenvalue weighted by Crippen LogP contribution is 2.32. The molecular weight excluding hydrogens is 356 g/mol. The molecular formula is C22H26N2O4. The van der Waals surface area contributed by atoms with Crippen LogP contribution in [0, 0.1) is 11.3 Å². The van der Waals surface area contributed by atoms with Crippen LogP contribution in [0.1, 0.15) is 46.6 Å². The molecule has 1 heterocycles. The van der Waals surface area contributed by atoms with E-state index in [0.29, 0.717) is 42.3 Å². The van der Waals surface area contributed by atoms with E-state index in [1.165, 1.54) is 4.90 Å². The second kappa shape index (κ2) is 9.23. The number of hydrogen-bond donors (Lipinski definition) is 0. The van der Waals surface area contributed by atoms with Crippen molar-refractivity contribution in [3.05, 3.63) is 40.5 Å². The molecule has 0 bridgehead atoms. The number of rotatable bonds is 7. The van der Waals surface area contributed by atoms with Crippen molar-refractivity contribution in [2.75, 3.05) is 13.2 Å². The lowest BCUT2D eigenvalue weighted by Crippen LogP contribution is -2.47. The summed E-state index contributed by atoms with van der Waals surface area (Å²) in [4.78, 5) is 26.8. The number of nitrogens with zero attached hydrogens (tertiary/aromatic N) is 2. The molecule has 1 unspecified atom stereocenters.